The lowest BCUT2D eigenvalue weighted by Crippen LogP contribution is -2.11. The molecule has 11 nitrogen and oxygen atoms in total. The molecule has 13 heteroatoms. The number of carboxylic acids is 2. The van der Waals surface area contributed by atoms with Gasteiger partial charge >= 0.3 is 11.9 Å². The molecule has 0 radical (unpaired) electrons. The smallest absolute Gasteiger partial charge is 0.328 e. The fraction of sp³-hybridized carbons (Fsp3) is 0.143. The molecule has 3 rings (SSSR count). The molecule has 0 aliphatic rings. The third kappa shape index (κ3) is 6.88. The summed E-state index contributed by atoms with van der Waals surface area (Å²) in [6.45, 7) is 0.417. The summed E-state index contributed by atoms with van der Waals surface area (Å²) in [4.78, 5) is 23.1. The Balaban J connectivity index is 0.000000440. The van der Waals surface area contributed by atoms with Crippen molar-refractivity contribution in [3.8, 4) is 11.6 Å². The summed E-state index contributed by atoms with van der Waals surface area (Å²) in [7, 11) is -0.636. The highest BCUT2D eigenvalue weighted by molar-refractivity contribution is 7.91. The molecule has 3 aromatic rings. The molecule has 0 fully saturated rings. The SMILES string of the molecule is CNCc1cc(S(=O)(=O)c2ccc(OC)nc2)n(-c2ccccc2Cl)n1.O=C(O)/C=C/C(=O)O. The Morgan fingerprint density at radius 1 is 1.15 bits per heavy atom. The minimum atomic E-state index is -3.86. The largest absolute Gasteiger partial charge is 0.481 e. The first kappa shape index (κ1) is 26.5. The number of rotatable bonds is 8. The van der Waals surface area contributed by atoms with Gasteiger partial charge < -0.3 is 20.3 Å². The molecule has 0 unspecified atom stereocenters. The minimum absolute atomic E-state index is 0.0165. The summed E-state index contributed by atoms with van der Waals surface area (Å²) in [6, 6.07) is 11.4. The number of nitrogens with one attached hydrogen (secondary N) is 1. The highest BCUT2D eigenvalue weighted by atomic mass is 35.5. The van der Waals surface area contributed by atoms with E-state index in [1.807, 2.05) is 0 Å². The number of sulfone groups is 1. The average molecular weight is 509 g/mol. The normalized spacial score (nSPS) is 11.0. The van der Waals surface area contributed by atoms with E-state index in [4.69, 9.17) is 26.6 Å². The molecule has 0 aliphatic heterocycles. The molecule has 180 valence electrons. The Kier molecular flexibility index (Phi) is 9.30. The van der Waals surface area contributed by atoms with E-state index < -0.39 is 21.8 Å². The van der Waals surface area contributed by atoms with Crippen molar-refractivity contribution in [2.75, 3.05) is 14.2 Å². The number of pyridine rings is 1. The van der Waals surface area contributed by atoms with Crippen LogP contribution in [0.3, 0.4) is 0 Å². The predicted octanol–water partition coefficient (Wildman–Crippen LogP) is 2.19. The van der Waals surface area contributed by atoms with Gasteiger partial charge in [0, 0.05) is 37.0 Å². The van der Waals surface area contributed by atoms with E-state index in [-0.39, 0.29) is 9.92 Å². The number of nitrogens with zero attached hydrogens (tertiary/aromatic N) is 3. The van der Waals surface area contributed by atoms with Gasteiger partial charge in [-0.1, -0.05) is 23.7 Å². The van der Waals surface area contributed by atoms with E-state index in [1.165, 1.54) is 36.2 Å². The van der Waals surface area contributed by atoms with Crippen molar-refractivity contribution in [2.45, 2.75) is 16.5 Å². The second-order valence-corrected chi connectivity index (χ2v) is 8.72. The standard InChI is InChI=1S/C17H17ClN4O3S.C4H4O4/c1-19-10-12-9-17(22(21-12)15-6-4-3-5-14(15)18)26(23,24)13-7-8-16(25-2)20-11-13;5-3(6)1-2-4(7)8/h3-9,11,19H,10H2,1-2H3;1-2H,(H,5,6)(H,7,8)/b;2-1+. The Labute approximate surface area is 200 Å². The lowest BCUT2D eigenvalue weighted by molar-refractivity contribution is -0.134. The summed E-state index contributed by atoms with van der Waals surface area (Å²) >= 11 is 6.25. The Morgan fingerprint density at radius 3 is 2.29 bits per heavy atom. The minimum Gasteiger partial charge on any atom is -0.481 e. The van der Waals surface area contributed by atoms with Gasteiger partial charge in [-0.2, -0.15) is 5.10 Å². The number of ether oxygens (including phenoxy) is 1. The summed E-state index contributed by atoms with van der Waals surface area (Å²) in [5.74, 6) is -2.18. The van der Waals surface area contributed by atoms with Crippen LogP contribution >= 0.6 is 11.6 Å². The molecule has 0 aliphatic carbocycles. The van der Waals surface area contributed by atoms with Crippen LogP contribution in [-0.4, -0.2) is 59.5 Å². The number of hydrogen-bond donors (Lipinski definition) is 3. The summed E-state index contributed by atoms with van der Waals surface area (Å²) in [6.07, 6.45) is 2.38. The molecule has 0 spiro atoms. The molecule has 2 heterocycles. The lowest BCUT2D eigenvalue weighted by Gasteiger charge is -2.10. The molecule has 3 N–H and O–H groups in total. The van der Waals surface area contributed by atoms with Crippen LogP contribution in [-0.2, 0) is 26.0 Å². The average Bonchev–Trinajstić information content (AvgIpc) is 3.23. The number of hydrogen-bond acceptors (Lipinski definition) is 8. The van der Waals surface area contributed by atoms with E-state index in [0.717, 1.165) is 0 Å². The zero-order valence-electron chi connectivity index (χ0n) is 18.0. The highest BCUT2D eigenvalue weighted by Gasteiger charge is 2.26. The van der Waals surface area contributed by atoms with Gasteiger partial charge in [-0.3, -0.25) is 0 Å². The third-order valence-corrected chi connectivity index (χ3v) is 6.06. The number of halogens is 1. The Morgan fingerprint density at radius 2 is 1.79 bits per heavy atom. The van der Waals surface area contributed by atoms with Gasteiger partial charge in [-0.25, -0.2) is 27.7 Å². The number of methoxy groups -OCH3 is 1. The molecular formula is C21H21ClN4O7S. The van der Waals surface area contributed by atoms with Crippen LogP contribution < -0.4 is 10.1 Å². The maximum atomic E-state index is 13.2. The molecule has 0 saturated carbocycles. The molecule has 1 aromatic carbocycles. The first-order chi connectivity index (χ1) is 16.1. The summed E-state index contributed by atoms with van der Waals surface area (Å²) in [5.41, 5.74) is 1.06. The van der Waals surface area contributed by atoms with E-state index in [9.17, 15) is 18.0 Å². The van der Waals surface area contributed by atoms with Crippen molar-refractivity contribution in [1.82, 2.24) is 20.1 Å². The van der Waals surface area contributed by atoms with Crippen LogP contribution in [0.5, 0.6) is 5.88 Å². The fourth-order valence-electron chi connectivity index (χ4n) is 2.58. The fourth-order valence-corrected chi connectivity index (χ4v) is 4.13. The molecule has 2 aromatic heterocycles. The maximum absolute atomic E-state index is 13.2. The molecule has 34 heavy (non-hydrogen) atoms. The Bertz CT molecular complexity index is 1270. The van der Waals surface area contributed by atoms with E-state index in [0.29, 0.717) is 41.0 Å². The first-order valence-corrected chi connectivity index (χ1v) is 11.3. The summed E-state index contributed by atoms with van der Waals surface area (Å²) < 4.78 is 32.6. The molecule has 0 atom stereocenters. The van der Waals surface area contributed by atoms with Crippen molar-refractivity contribution in [2.24, 2.45) is 0 Å². The van der Waals surface area contributed by atoms with Gasteiger partial charge in [-0.05, 0) is 25.2 Å². The Hall–Kier alpha value is -3.74. The summed E-state index contributed by atoms with van der Waals surface area (Å²) in [5, 5.41) is 23.4. The van der Waals surface area contributed by atoms with Crippen LogP contribution in [0.15, 0.2) is 70.7 Å². The number of carbonyl (C=O) groups is 2. The molecule has 0 saturated heterocycles. The van der Waals surface area contributed by atoms with Crippen molar-refractivity contribution < 1.29 is 33.0 Å². The number of benzene rings is 1. The predicted molar refractivity (Wildman–Crippen MR) is 122 cm³/mol. The zero-order chi connectivity index (χ0) is 25.3. The van der Waals surface area contributed by atoms with Crippen molar-refractivity contribution in [3.05, 3.63) is 71.5 Å². The lowest BCUT2D eigenvalue weighted by atomic mass is 10.3. The van der Waals surface area contributed by atoms with Gasteiger partial charge in [-0.15, -0.1) is 0 Å². The van der Waals surface area contributed by atoms with Crippen molar-refractivity contribution in [1.29, 1.82) is 0 Å². The van der Waals surface area contributed by atoms with Gasteiger partial charge in [0.15, 0.2) is 5.03 Å². The van der Waals surface area contributed by atoms with Gasteiger partial charge in [0.25, 0.3) is 0 Å². The monoisotopic (exact) mass is 508 g/mol. The number of para-hydroxylation sites is 1. The highest BCUT2D eigenvalue weighted by Crippen LogP contribution is 2.28. The van der Waals surface area contributed by atoms with Gasteiger partial charge in [0.2, 0.25) is 15.7 Å². The first-order valence-electron chi connectivity index (χ1n) is 9.47. The third-order valence-electron chi connectivity index (χ3n) is 4.04. The van der Waals surface area contributed by atoms with Crippen molar-refractivity contribution in [3.63, 3.8) is 0 Å². The zero-order valence-corrected chi connectivity index (χ0v) is 19.6. The second-order valence-electron chi connectivity index (χ2n) is 6.42. The van der Waals surface area contributed by atoms with E-state index in [2.05, 4.69) is 15.4 Å². The van der Waals surface area contributed by atoms with Crippen LogP contribution in [0.2, 0.25) is 5.02 Å². The van der Waals surface area contributed by atoms with Gasteiger partial charge in [0.1, 0.15) is 0 Å². The molecule has 0 bridgehead atoms. The number of aliphatic carboxylic acids is 2. The van der Waals surface area contributed by atoms with Gasteiger partial charge in [0.05, 0.1) is 28.4 Å². The molecular weight excluding hydrogens is 488 g/mol. The molecule has 0 amide bonds. The van der Waals surface area contributed by atoms with E-state index >= 15 is 0 Å². The van der Waals surface area contributed by atoms with Crippen LogP contribution in [0.1, 0.15) is 5.69 Å². The quantitative estimate of drug-likeness (QED) is 0.384. The second kappa shape index (κ2) is 11.9. The maximum Gasteiger partial charge on any atom is 0.328 e. The van der Waals surface area contributed by atoms with Crippen molar-refractivity contribution >= 4 is 33.4 Å². The van der Waals surface area contributed by atoms with Crippen LogP contribution in [0.4, 0.5) is 0 Å². The van der Waals surface area contributed by atoms with Crippen LogP contribution in [0.25, 0.3) is 5.69 Å². The van der Waals surface area contributed by atoms with E-state index in [1.54, 1.807) is 31.3 Å². The van der Waals surface area contributed by atoms with Crippen LogP contribution in [0, 0.1) is 0 Å². The number of aromatic nitrogens is 3. The number of carboxylic acid groups (broad SMARTS) is 2. The topological polar surface area (TPSA) is 161 Å².